The number of carbonyl (C=O) groups excluding carboxylic acids is 1. The molecular formula is C9H7NO2S. The second-order valence-electron chi connectivity index (χ2n) is 2.74. The number of nitrogens with one attached hydrogen (secondary N) is 1. The molecule has 13 heavy (non-hydrogen) atoms. The standard InChI is InChI=1S/C9H7NO2S/c11-4-6-1-2-8-7(3-6)5-12-9(13)10-8/h1-4H,5H2,(H,10,13). The van der Waals surface area contributed by atoms with E-state index in [-0.39, 0.29) is 0 Å². The van der Waals surface area contributed by atoms with Crippen molar-refractivity contribution in [3.05, 3.63) is 29.3 Å². The Morgan fingerprint density at radius 3 is 3.15 bits per heavy atom. The van der Waals surface area contributed by atoms with Crippen LogP contribution in [0.25, 0.3) is 0 Å². The lowest BCUT2D eigenvalue weighted by Crippen LogP contribution is -2.19. The highest BCUT2D eigenvalue weighted by atomic mass is 32.1. The van der Waals surface area contributed by atoms with Crippen molar-refractivity contribution in [1.29, 1.82) is 0 Å². The molecule has 0 aromatic heterocycles. The van der Waals surface area contributed by atoms with Crippen LogP contribution in [-0.2, 0) is 11.3 Å². The van der Waals surface area contributed by atoms with E-state index >= 15 is 0 Å². The number of anilines is 1. The lowest BCUT2D eigenvalue weighted by molar-refractivity contribution is 0.112. The number of fused-ring (bicyclic) bond motifs is 1. The Morgan fingerprint density at radius 2 is 2.38 bits per heavy atom. The van der Waals surface area contributed by atoms with Crippen molar-refractivity contribution in [3.8, 4) is 0 Å². The lowest BCUT2D eigenvalue weighted by atomic mass is 10.1. The van der Waals surface area contributed by atoms with Crippen molar-refractivity contribution >= 4 is 29.4 Å². The van der Waals surface area contributed by atoms with Crippen molar-refractivity contribution in [3.63, 3.8) is 0 Å². The van der Waals surface area contributed by atoms with Gasteiger partial charge in [-0.15, -0.1) is 0 Å². The summed E-state index contributed by atoms with van der Waals surface area (Å²) in [4.78, 5) is 10.5. The molecule has 0 bridgehead atoms. The SMILES string of the molecule is O=Cc1ccc2c(c1)COC(=S)N2. The monoisotopic (exact) mass is 193 g/mol. The molecule has 1 aromatic carbocycles. The third kappa shape index (κ3) is 1.53. The Morgan fingerprint density at radius 1 is 1.54 bits per heavy atom. The minimum Gasteiger partial charge on any atom is -0.466 e. The molecule has 0 spiro atoms. The number of hydrogen-bond donors (Lipinski definition) is 1. The zero-order chi connectivity index (χ0) is 9.26. The molecule has 0 aliphatic carbocycles. The smallest absolute Gasteiger partial charge is 0.261 e. The molecule has 2 rings (SSSR count). The van der Waals surface area contributed by atoms with Crippen LogP contribution in [0.1, 0.15) is 15.9 Å². The molecule has 1 aliphatic rings. The average molecular weight is 193 g/mol. The van der Waals surface area contributed by atoms with Gasteiger partial charge in [0.25, 0.3) is 5.17 Å². The summed E-state index contributed by atoms with van der Waals surface area (Å²) < 4.78 is 5.11. The summed E-state index contributed by atoms with van der Waals surface area (Å²) in [5.41, 5.74) is 2.53. The van der Waals surface area contributed by atoms with E-state index in [2.05, 4.69) is 5.32 Å². The van der Waals surface area contributed by atoms with Gasteiger partial charge in [-0.25, -0.2) is 0 Å². The van der Waals surface area contributed by atoms with E-state index in [4.69, 9.17) is 17.0 Å². The Bertz CT molecular complexity index is 376. The van der Waals surface area contributed by atoms with Crippen LogP contribution in [-0.4, -0.2) is 11.5 Å². The van der Waals surface area contributed by atoms with Crippen LogP contribution in [0.3, 0.4) is 0 Å². The second kappa shape index (κ2) is 3.14. The highest BCUT2D eigenvalue weighted by Gasteiger charge is 2.12. The van der Waals surface area contributed by atoms with Gasteiger partial charge in [0.15, 0.2) is 0 Å². The molecule has 1 N–H and O–H groups in total. The first-order valence-electron chi connectivity index (χ1n) is 3.81. The van der Waals surface area contributed by atoms with Crippen molar-refractivity contribution < 1.29 is 9.53 Å². The molecule has 0 unspecified atom stereocenters. The Labute approximate surface area is 80.7 Å². The van der Waals surface area contributed by atoms with Gasteiger partial charge in [-0.05, 0) is 30.4 Å². The summed E-state index contributed by atoms with van der Waals surface area (Å²) in [6.45, 7) is 0.433. The molecule has 0 fully saturated rings. The molecule has 3 nitrogen and oxygen atoms in total. The fraction of sp³-hybridized carbons (Fsp3) is 0.111. The van der Waals surface area contributed by atoms with Crippen LogP contribution in [0.5, 0.6) is 0 Å². The molecule has 0 radical (unpaired) electrons. The summed E-state index contributed by atoms with van der Waals surface area (Å²) in [6.07, 6.45) is 0.813. The van der Waals surface area contributed by atoms with Crippen molar-refractivity contribution in [1.82, 2.24) is 0 Å². The van der Waals surface area contributed by atoms with Gasteiger partial charge in [-0.3, -0.25) is 4.79 Å². The van der Waals surface area contributed by atoms with E-state index in [1.807, 2.05) is 6.07 Å². The van der Waals surface area contributed by atoms with Crippen LogP contribution < -0.4 is 5.32 Å². The predicted octanol–water partition coefficient (Wildman–Crippen LogP) is 1.73. The molecule has 66 valence electrons. The Hall–Kier alpha value is -1.42. The molecule has 4 heteroatoms. The maximum Gasteiger partial charge on any atom is 0.261 e. The van der Waals surface area contributed by atoms with E-state index in [1.165, 1.54) is 0 Å². The molecule has 0 saturated carbocycles. The predicted molar refractivity (Wildman–Crippen MR) is 52.8 cm³/mol. The Kier molecular flexibility index (Phi) is 1.98. The lowest BCUT2D eigenvalue weighted by Gasteiger charge is -2.19. The zero-order valence-corrected chi connectivity index (χ0v) is 7.56. The van der Waals surface area contributed by atoms with Crippen molar-refractivity contribution in [2.24, 2.45) is 0 Å². The topological polar surface area (TPSA) is 38.3 Å². The highest BCUT2D eigenvalue weighted by Crippen LogP contribution is 2.21. The molecule has 1 aromatic rings. The summed E-state index contributed by atoms with van der Waals surface area (Å²) in [5.74, 6) is 0. The van der Waals surface area contributed by atoms with Crippen LogP contribution in [0.15, 0.2) is 18.2 Å². The number of benzene rings is 1. The maximum atomic E-state index is 10.5. The molecule has 0 amide bonds. The normalized spacial score (nSPS) is 14.0. The number of carbonyl (C=O) groups is 1. The maximum absolute atomic E-state index is 10.5. The number of aldehydes is 1. The fourth-order valence-corrected chi connectivity index (χ4v) is 1.39. The van der Waals surface area contributed by atoms with Crippen LogP contribution >= 0.6 is 12.2 Å². The molecule has 0 saturated heterocycles. The van der Waals surface area contributed by atoms with Gasteiger partial charge in [0.2, 0.25) is 0 Å². The number of rotatable bonds is 1. The second-order valence-corrected chi connectivity index (χ2v) is 3.11. The third-order valence-corrected chi connectivity index (χ3v) is 2.08. The molecule has 0 atom stereocenters. The summed E-state index contributed by atoms with van der Waals surface area (Å²) in [5, 5.41) is 3.29. The minimum atomic E-state index is 0.381. The summed E-state index contributed by atoms with van der Waals surface area (Å²) in [6, 6.07) is 5.36. The third-order valence-electron chi connectivity index (χ3n) is 1.86. The zero-order valence-electron chi connectivity index (χ0n) is 6.74. The van der Waals surface area contributed by atoms with Gasteiger partial charge in [0, 0.05) is 16.8 Å². The fourth-order valence-electron chi connectivity index (χ4n) is 1.22. The average Bonchev–Trinajstić information content (AvgIpc) is 2.17. The number of thiocarbonyl (C=S) groups is 1. The van der Waals surface area contributed by atoms with Crippen LogP contribution in [0.4, 0.5) is 5.69 Å². The van der Waals surface area contributed by atoms with Crippen LogP contribution in [0.2, 0.25) is 0 Å². The van der Waals surface area contributed by atoms with E-state index in [0.29, 0.717) is 17.3 Å². The number of ether oxygens (including phenoxy) is 1. The highest BCUT2D eigenvalue weighted by molar-refractivity contribution is 7.80. The van der Waals surface area contributed by atoms with E-state index in [0.717, 1.165) is 17.5 Å². The van der Waals surface area contributed by atoms with E-state index in [1.54, 1.807) is 12.1 Å². The van der Waals surface area contributed by atoms with E-state index < -0.39 is 0 Å². The van der Waals surface area contributed by atoms with E-state index in [9.17, 15) is 4.79 Å². The van der Waals surface area contributed by atoms with Gasteiger partial charge < -0.3 is 10.1 Å². The summed E-state index contributed by atoms with van der Waals surface area (Å²) in [7, 11) is 0. The van der Waals surface area contributed by atoms with Gasteiger partial charge in [-0.2, -0.15) is 0 Å². The van der Waals surface area contributed by atoms with Crippen molar-refractivity contribution in [2.75, 3.05) is 5.32 Å². The molecule has 1 aliphatic heterocycles. The largest absolute Gasteiger partial charge is 0.466 e. The van der Waals surface area contributed by atoms with Crippen LogP contribution in [0, 0.1) is 0 Å². The first-order chi connectivity index (χ1) is 6.29. The molecule has 1 heterocycles. The number of hydrogen-bond acceptors (Lipinski definition) is 3. The minimum absolute atomic E-state index is 0.381. The van der Waals surface area contributed by atoms with Gasteiger partial charge in [0.05, 0.1) is 0 Å². The van der Waals surface area contributed by atoms with Gasteiger partial charge in [0.1, 0.15) is 12.9 Å². The quantitative estimate of drug-likeness (QED) is 0.544. The van der Waals surface area contributed by atoms with Crippen molar-refractivity contribution in [2.45, 2.75) is 6.61 Å². The first kappa shape index (κ1) is 8.19. The van der Waals surface area contributed by atoms with Gasteiger partial charge in [-0.1, -0.05) is 0 Å². The molecular weight excluding hydrogens is 186 g/mol. The summed E-state index contributed by atoms with van der Waals surface area (Å²) >= 11 is 4.84. The Balaban J connectivity index is 2.42. The first-order valence-corrected chi connectivity index (χ1v) is 4.22. The van der Waals surface area contributed by atoms with Gasteiger partial charge >= 0.3 is 0 Å².